The van der Waals surface area contributed by atoms with Crippen LogP contribution in [0.4, 0.5) is 5.69 Å². The lowest BCUT2D eigenvalue weighted by atomic mass is 10.2. The molecule has 17 heavy (non-hydrogen) atoms. The molecular formula is C13H25N3O. The fourth-order valence-electron chi connectivity index (χ4n) is 1.85. The van der Waals surface area contributed by atoms with Crippen molar-refractivity contribution in [1.29, 1.82) is 0 Å². The van der Waals surface area contributed by atoms with E-state index in [0.717, 1.165) is 43.1 Å². The minimum Gasteiger partial charge on any atom is -0.396 e. The molecule has 0 saturated heterocycles. The van der Waals surface area contributed by atoms with Crippen LogP contribution in [0.15, 0.2) is 0 Å². The van der Waals surface area contributed by atoms with Crippen molar-refractivity contribution in [2.24, 2.45) is 5.92 Å². The zero-order chi connectivity index (χ0) is 12.8. The van der Waals surface area contributed by atoms with Gasteiger partial charge in [0.1, 0.15) is 0 Å². The Morgan fingerprint density at radius 1 is 1.29 bits per heavy atom. The van der Waals surface area contributed by atoms with E-state index in [1.54, 1.807) is 0 Å². The average molecular weight is 239 g/mol. The van der Waals surface area contributed by atoms with E-state index in [9.17, 15) is 0 Å². The molecule has 0 aliphatic rings. The van der Waals surface area contributed by atoms with Crippen molar-refractivity contribution in [2.45, 2.75) is 47.1 Å². The number of nitrogens with two attached hydrogens (primary N) is 1. The molecule has 0 amide bonds. The van der Waals surface area contributed by atoms with Gasteiger partial charge in [-0.2, -0.15) is 5.10 Å². The molecule has 0 fully saturated rings. The molecule has 0 unspecified atom stereocenters. The van der Waals surface area contributed by atoms with Crippen molar-refractivity contribution in [3.63, 3.8) is 0 Å². The van der Waals surface area contributed by atoms with Gasteiger partial charge in [-0.05, 0) is 18.8 Å². The highest BCUT2D eigenvalue weighted by Gasteiger charge is 2.11. The molecule has 0 spiro atoms. The van der Waals surface area contributed by atoms with Crippen LogP contribution >= 0.6 is 0 Å². The van der Waals surface area contributed by atoms with E-state index in [2.05, 4.69) is 32.8 Å². The average Bonchev–Trinajstić information content (AvgIpc) is 2.60. The maximum Gasteiger partial charge on any atom is 0.0854 e. The summed E-state index contributed by atoms with van der Waals surface area (Å²) >= 11 is 0. The highest BCUT2D eigenvalue weighted by molar-refractivity contribution is 5.48. The molecule has 0 radical (unpaired) electrons. The van der Waals surface area contributed by atoms with Crippen LogP contribution in [0.2, 0.25) is 0 Å². The summed E-state index contributed by atoms with van der Waals surface area (Å²) in [5.41, 5.74) is 9.05. The molecule has 1 heterocycles. The summed E-state index contributed by atoms with van der Waals surface area (Å²) in [5.74, 6) is 0.578. The molecular weight excluding hydrogens is 214 g/mol. The summed E-state index contributed by atoms with van der Waals surface area (Å²) in [5, 5.41) is 4.53. The number of nitrogen functional groups attached to an aromatic ring is 1. The van der Waals surface area contributed by atoms with Crippen molar-refractivity contribution in [3.05, 3.63) is 11.4 Å². The van der Waals surface area contributed by atoms with Gasteiger partial charge in [0.25, 0.3) is 0 Å². The quantitative estimate of drug-likeness (QED) is 0.743. The number of hydrogen-bond acceptors (Lipinski definition) is 3. The van der Waals surface area contributed by atoms with Gasteiger partial charge < -0.3 is 10.5 Å². The van der Waals surface area contributed by atoms with Gasteiger partial charge in [-0.25, -0.2) is 0 Å². The first-order chi connectivity index (χ1) is 8.10. The predicted octanol–water partition coefficient (Wildman–Crippen LogP) is 2.26. The predicted molar refractivity (Wildman–Crippen MR) is 71.1 cm³/mol. The normalized spacial score (nSPS) is 11.4. The molecule has 0 saturated carbocycles. The van der Waals surface area contributed by atoms with Crippen LogP contribution in [0.3, 0.4) is 0 Å². The molecule has 1 aromatic rings. The Hall–Kier alpha value is -1.03. The van der Waals surface area contributed by atoms with E-state index in [1.165, 1.54) is 0 Å². The number of ether oxygens (including phenoxy) is 1. The molecule has 1 rings (SSSR count). The molecule has 0 atom stereocenters. The molecule has 2 N–H and O–H groups in total. The van der Waals surface area contributed by atoms with Crippen LogP contribution < -0.4 is 5.73 Å². The molecule has 0 bridgehead atoms. The molecule has 0 aliphatic carbocycles. The van der Waals surface area contributed by atoms with Gasteiger partial charge in [0.2, 0.25) is 0 Å². The van der Waals surface area contributed by atoms with Crippen molar-refractivity contribution in [3.8, 4) is 0 Å². The first kappa shape index (κ1) is 14.0. The third-order valence-corrected chi connectivity index (χ3v) is 2.74. The summed E-state index contributed by atoms with van der Waals surface area (Å²) < 4.78 is 7.57. The minimum absolute atomic E-state index is 0.578. The first-order valence-electron chi connectivity index (χ1n) is 6.51. The van der Waals surface area contributed by atoms with Gasteiger partial charge in [-0.1, -0.05) is 27.7 Å². The van der Waals surface area contributed by atoms with Gasteiger partial charge in [0.15, 0.2) is 0 Å². The van der Waals surface area contributed by atoms with Crippen molar-refractivity contribution >= 4 is 5.69 Å². The maximum atomic E-state index is 6.05. The van der Waals surface area contributed by atoms with Crippen LogP contribution in [0.25, 0.3) is 0 Å². The summed E-state index contributed by atoms with van der Waals surface area (Å²) in [6.45, 7) is 10.8. The highest BCUT2D eigenvalue weighted by Crippen LogP contribution is 2.18. The zero-order valence-electron chi connectivity index (χ0n) is 11.5. The Morgan fingerprint density at radius 2 is 2.00 bits per heavy atom. The zero-order valence-corrected chi connectivity index (χ0v) is 11.5. The smallest absolute Gasteiger partial charge is 0.0854 e. The largest absolute Gasteiger partial charge is 0.396 e. The summed E-state index contributed by atoms with van der Waals surface area (Å²) in [6, 6.07) is 0. The van der Waals surface area contributed by atoms with Gasteiger partial charge in [0, 0.05) is 6.61 Å². The van der Waals surface area contributed by atoms with Crippen molar-refractivity contribution in [2.75, 3.05) is 18.9 Å². The van der Waals surface area contributed by atoms with E-state index < -0.39 is 0 Å². The Labute approximate surface area is 104 Å². The fraction of sp³-hybridized carbons (Fsp3) is 0.769. The Kier molecular flexibility index (Phi) is 5.48. The summed E-state index contributed by atoms with van der Waals surface area (Å²) in [6.07, 6.45) is 1.81. The van der Waals surface area contributed by atoms with Crippen LogP contribution in [-0.2, 0) is 24.1 Å². The van der Waals surface area contributed by atoms with Crippen LogP contribution in [0, 0.1) is 5.92 Å². The first-order valence-corrected chi connectivity index (χ1v) is 6.51. The van der Waals surface area contributed by atoms with E-state index >= 15 is 0 Å². The second kappa shape index (κ2) is 6.64. The Morgan fingerprint density at radius 3 is 2.53 bits per heavy atom. The Balaban J connectivity index is 2.58. The fourth-order valence-corrected chi connectivity index (χ4v) is 1.85. The minimum atomic E-state index is 0.578. The molecule has 4 heteroatoms. The molecule has 1 aromatic heterocycles. The van der Waals surface area contributed by atoms with Gasteiger partial charge >= 0.3 is 0 Å². The molecule has 98 valence electrons. The van der Waals surface area contributed by atoms with Crippen LogP contribution in [-0.4, -0.2) is 23.0 Å². The van der Waals surface area contributed by atoms with E-state index in [0.29, 0.717) is 12.5 Å². The van der Waals surface area contributed by atoms with E-state index in [4.69, 9.17) is 10.5 Å². The maximum absolute atomic E-state index is 6.05. The standard InChI is InChI=1S/C13H25N3O/c1-5-11-13(14)12(6-2)16(15-11)7-8-17-9-10(3)4/h10H,5-9,14H2,1-4H3. The number of hydrogen-bond donors (Lipinski definition) is 1. The van der Waals surface area contributed by atoms with E-state index in [-0.39, 0.29) is 0 Å². The van der Waals surface area contributed by atoms with Gasteiger partial charge in [0.05, 0.1) is 30.2 Å². The summed E-state index contributed by atoms with van der Waals surface area (Å²) in [4.78, 5) is 0. The van der Waals surface area contributed by atoms with Gasteiger partial charge in [-0.3, -0.25) is 4.68 Å². The molecule has 4 nitrogen and oxygen atoms in total. The SMILES string of the molecule is CCc1nn(CCOCC(C)C)c(CC)c1N. The number of anilines is 1. The van der Waals surface area contributed by atoms with Crippen molar-refractivity contribution in [1.82, 2.24) is 9.78 Å². The number of rotatable bonds is 7. The second-order valence-corrected chi connectivity index (χ2v) is 4.71. The monoisotopic (exact) mass is 239 g/mol. The summed E-state index contributed by atoms with van der Waals surface area (Å²) in [7, 11) is 0. The topological polar surface area (TPSA) is 53.1 Å². The van der Waals surface area contributed by atoms with Crippen LogP contribution in [0.1, 0.15) is 39.1 Å². The highest BCUT2D eigenvalue weighted by atomic mass is 16.5. The number of nitrogens with zero attached hydrogens (tertiary/aromatic N) is 2. The van der Waals surface area contributed by atoms with Crippen LogP contribution in [0.5, 0.6) is 0 Å². The Bertz CT molecular complexity index is 345. The molecule has 0 aromatic carbocycles. The lowest BCUT2D eigenvalue weighted by Gasteiger charge is -2.09. The third kappa shape index (κ3) is 3.73. The molecule has 0 aliphatic heterocycles. The second-order valence-electron chi connectivity index (χ2n) is 4.71. The van der Waals surface area contributed by atoms with Crippen molar-refractivity contribution < 1.29 is 4.74 Å². The third-order valence-electron chi connectivity index (χ3n) is 2.74. The van der Waals surface area contributed by atoms with Gasteiger partial charge in [-0.15, -0.1) is 0 Å². The number of aryl methyl sites for hydroxylation is 1. The number of aromatic nitrogens is 2. The van der Waals surface area contributed by atoms with E-state index in [1.807, 2.05) is 4.68 Å². The lowest BCUT2D eigenvalue weighted by molar-refractivity contribution is 0.100. The lowest BCUT2D eigenvalue weighted by Crippen LogP contribution is -2.12.